The van der Waals surface area contributed by atoms with Gasteiger partial charge in [-0.1, -0.05) is 0 Å². The smallest absolute Gasteiger partial charge is 0.190 e. The summed E-state index contributed by atoms with van der Waals surface area (Å²) in [5.74, 6) is 0.508. The molecule has 3 N–H and O–H groups in total. The Morgan fingerprint density at radius 2 is 2.55 bits per heavy atom. The first-order valence-corrected chi connectivity index (χ1v) is 3.93. The Morgan fingerprint density at radius 3 is 3.09 bits per heavy atom. The molecule has 0 radical (unpaired) electrons. The molecule has 0 aliphatic carbocycles. The first-order chi connectivity index (χ1) is 5.36. The predicted molar refractivity (Wildman–Crippen MR) is 43.1 cm³/mol. The van der Waals surface area contributed by atoms with Gasteiger partial charge in [-0.2, -0.15) is 0 Å². The van der Waals surface area contributed by atoms with Crippen LogP contribution in [0.2, 0.25) is 0 Å². The van der Waals surface area contributed by atoms with Gasteiger partial charge in [-0.15, -0.1) is 0 Å². The molecule has 1 aromatic rings. The molecule has 0 spiro atoms. The molecule has 2 rings (SSSR count). The largest absolute Gasteiger partial charge is 0.449 e. The number of nitrogens with one attached hydrogen (secondary N) is 1. The molecular weight excluding hydrogens is 140 g/mol. The monoisotopic (exact) mass is 152 g/mol. The van der Waals surface area contributed by atoms with Crippen LogP contribution in [0.1, 0.15) is 24.4 Å². The first kappa shape index (κ1) is 6.73. The second-order valence-corrected chi connectivity index (χ2v) is 2.93. The number of hydrogen-bond acceptors (Lipinski definition) is 3. The Hall–Kier alpha value is -0.960. The van der Waals surface area contributed by atoms with Gasteiger partial charge in [0.1, 0.15) is 0 Å². The molecule has 0 bridgehead atoms. The van der Waals surface area contributed by atoms with Crippen LogP contribution in [-0.4, -0.2) is 6.54 Å². The van der Waals surface area contributed by atoms with Gasteiger partial charge in [0, 0.05) is 17.7 Å². The summed E-state index contributed by atoms with van der Waals surface area (Å²) < 4.78 is 5.01. The van der Waals surface area contributed by atoms with Crippen molar-refractivity contribution in [2.24, 2.45) is 0 Å². The number of rotatable bonds is 1. The maximum absolute atomic E-state index is 5.45. The predicted octanol–water partition coefficient (Wildman–Crippen LogP) is 1.29. The van der Waals surface area contributed by atoms with E-state index in [-0.39, 0.29) is 0 Å². The molecule has 1 aromatic heterocycles. The third-order valence-electron chi connectivity index (χ3n) is 2.10. The highest BCUT2D eigenvalue weighted by atomic mass is 16.3. The molecule has 3 heteroatoms. The SMILES string of the molecule is Nc1cc([C@H]2CCCN2)co1. The normalized spacial score (nSPS) is 24.2. The van der Waals surface area contributed by atoms with E-state index in [0.717, 1.165) is 6.54 Å². The van der Waals surface area contributed by atoms with Gasteiger partial charge >= 0.3 is 0 Å². The standard InChI is InChI=1S/C8H12N2O/c9-8-4-6(5-11-8)7-2-1-3-10-7/h4-5,7,10H,1-3,9H2/t7-/m1/s1. The lowest BCUT2D eigenvalue weighted by Gasteiger charge is -2.04. The summed E-state index contributed by atoms with van der Waals surface area (Å²) in [5.41, 5.74) is 6.63. The Balaban J connectivity index is 2.15. The molecule has 1 atom stereocenters. The van der Waals surface area contributed by atoms with Crippen molar-refractivity contribution >= 4 is 5.88 Å². The summed E-state index contributed by atoms with van der Waals surface area (Å²) >= 11 is 0. The summed E-state index contributed by atoms with van der Waals surface area (Å²) in [7, 11) is 0. The van der Waals surface area contributed by atoms with Crippen molar-refractivity contribution in [2.75, 3.05) is 12.3 Å². The maximum Gasteiger partial charge on any atom is 0.190 e. The Kier molecular flexibility index (Phi) is 1.58. The van der Waals surface area contributed by atoms with Crippen LogP contribution in [0.25, 0.3) is 0 Å². The van der Waals surface area contributed by atoms with E-state index in [1.807, 2.05) is 6.07 Å². The van der Waals surface area contributed by atoms with E-state index >= 15 is 0 Å². The zero-order valence-electron chi connectivity index (χ0n) is 6.34. The zero-order valence-corrected chi connectivity index (χ0v) is 6.34. The third-order valence-corrected chi connectivity index (χ3v) is 2.10. The fourth-order valence-corrected chi connectivity index (χ4v) is 1.52. The third kappa shape index (κ3) is 1.24. The molecule has 1 fully saturated rings. The molecule has 2 heterocycles. The first-order valence-electron chi connectivity index (χ1n) is 3.93. The van der Waals surface area contributed by atoms with E-state index in [1.165, 1.54) is 18.4 Å². The number of nitrogen functional groups attached to an aromatic ring is 1. The fourth-order valence-electron chi connectivity index (χ4n) is 1.52. The van der Waals surface area contributed by atoms with E-state index in [0.29, 0.717) is 11.9 Å². The van der Waals surface area contributed by atoms with Gasteiger partial charge in [0.25, 0.3) is 0 Å². The van der Waals surface area contributed by atoms with E-state index in [1.54, 1.807) is 6.26 Å². The molecule has 1 saturated heterocycles. The average molecular weight is 152 g/mol. The molecule has 1 aliphatic heterocycles. The van der Waals surface area contributed by atoms with E-state index in [2.05, 4.69) is 5.32 Å². The van der Waals surface area contributed by atoms with Crippen molar-refractivity contribution in [3.05, 3.63) is 17.9 Å². The van der Waals surface area contributed by atoms with Crippen LogP contribution < -0.4 is 11.1 Å². The van der Waals surface area contributed by atoms with Gasteiger partial charge in [0.05, 0.1) is 6.26 Å². The molecule has 0 aromatic carbocycles. The molecule has 0 saturated carbocycles. The maximum atomic E-state index is 5.45. The van der Waals surface area contributed by atoms with Crippen molar-refractivity contribution in [3.8, 4) is 0 Å². The van der Waals surface area contributed by atoms with Crippen molar-refractivity contribution in [1.29, 1.82) is 0 Å². The Bertz CT molecular complexity index is 238. The summed E-state index contributed by atoms with van der Waals surface area (Å²) in [6.45, 7) is 1.11. The van der Waals surface area contributed by atoms with Gasteiger partial charge in [0.2, 0.25) is 0 Å². The van der Waals surface area contributed by atoms with Gasteiger partial charge in [-0.05, 0) is 19.4 Å². The average Bonchev–Trinajstić information content (AvgIpc) is 2.55. The second kappa shape index (κ2) is 2.58. The molecule has 0 unspecified atom stereocenters. The lowest BCUT2D eigenvalue weighted by molar-refractivity contribution is 0.568. The van der Waals surface area contributed by atoms with Crippen LogP contribution in [0.3, 0.4) is 0 Å². The minimum atomic E-state index is 0.469. The highest BCUT2D eigenvalue weighted by molar-refractivity contribution is 5.30. The zero-order chi connectivity index (χ0) is 7.68. The topological polar surface area (TPSA) is 51.2 Å². The van der Waals surface area contributed by atoms with Crippen LogP contribution in [-0.2, 0) is 0 Å². The number of furan rings is 1. The number of nitrogens with two attached hydrogens (primary N) is 1. The quantitative estimate of drug-likeness (QED) is 0.637. The fraction of sp³-hybridized carbons (Fsp3) is 0.500. The van der Waals surface area contributed by atoms with Crippen LogP contribution >= 0.6 is 0 Å². The van der Waals surface area contributed by atoms with E-state index < -0.39 is 0 Å². The highest BCUT2D eigenvalue weighted by Gasteiger charge is 2.17. The molecule has 3 nitrogen and oxygen atoms in total. The lowest BCUT2D eigenvalue weighted by Crippen LogP contribution is -2.11. The van der Waals surface area contributed by atoms with E-state index in [4.69, 9.17) is 10.2 Å². The molecule has 11 heavy (non-hydrogen) atoms. The summed E-state index contributed by atoms with van der Waals surface area (Å²) in [4.78, 5) is 0. The minimum absolute atomic E-state index is 0.469. The molecule has 1 aliphatic rings. The van der Waals surface area contributed by atoms with Crippen molar-refractivity contribution in [3.63, 3.8) is 0 Å². The summed E-state index contributed by atoms with van der Waals surface area (Å²) in [6.07, 6.45) is 4.17. The number of anilines is 1. The van der Waals surface area contributed by atoms with Gasteiger partial charge in [-0.3, -0.25) is 0 Å². The summed E-state index contributed by atoms with van der Waals surface area (Å²) in [6, 6.07) is 2.36. The number of hydrogen-bond donors (Lipinski definition) is 2. The van der Waals surface area contributed by atoms with Gasteiger partial charge in [-0.25, -0.2) is 0 Å². The minimum Gasteiger partial charge on any atom is -0.449 e. The van der Waals surface area contributed by atoms with Crippen LogP contribution in [0.5, 0.6) is 0 Å². The Labute approximate surface area is 65.6 Å². The van der Waals surface area contributed by atoms with Gasteiger partial charge in [0.15, 0.2) is 5.88 Å². The second-order valence-electron chi connectivity index (χ2n) is 2.93. The van der Waals surface area contributed by atoms with Gasteiger partial charge < -0.3 is 15.5 Å². The summed E-state index contributed by atoms with van der Waals surface area (Å²) in [5, 5.41) is 3.37. The van der Waals surface area contributed by atoms with Crippen molar-refractivity contribution in [1.82, 2.24) is 5.32 Å². The van der Waals surface area contributed by atoms with Crippen molar-refractivity contribution in [2.45, 2.75) is 18.9 Å². The van der Waals surface area contributed by atoms with Crippen LogP contribution in [0.15, 0.2) is 16.7 Å². The van der Waals surface area contributed by atoms with Crippen LogP contribution in [0.4, 0.5) is 5.88 Å². The highest BCUT2D eigenvalue weighted by Crippen LogP contribution is 2.25. The van der Waals surface area contributed by atoms with E-state index in [9.17, 15) is 0 Å². The molecule has 60 valence electrons. The van der Waals surface area contributed by atoms with Crippen molar-refractivity contribution < 1.29 is 4.42 Å². The Morgan fingerprint density at radius 1 is 1.64 bits per heavy atom. The lowest BCUT2D eigenvalue weighted by atomic mass is 10.1. The molecular formula is C8H12N2O. The molecule has 0 amide bonds. The van der Waals surface area contributed by atoms with Crippen LogP contribution in [0, 0.1) is 0 Å².